The lowest BCUT2D eigenvalue weighted by atomic mass is 9.75. The van der Waals surface area contributed by atoms with Crippen molar-refractivity contribution < 1.29 is 32.9 Å². The van der Waals surface area contributed by atoms with Crippen LogP contribution in [0.1, 0.15) is 31.9 Å². The number of benzene rings is 2. The van der Waals surface area contributed by atoms with Crippen molar-refractivity contribution in [1.82, 2.24) is 0 Å². The molecule has 2 atom stereocenters. The van der Waals surface area contributed by atoms with Crippen LogP contribution in [-0.4, -0.2) is 28.2 Å². The smallest absolute Gasteiger partial charge is 0.402 e. The Balaban J connectivity index is 1.82. The van der Waals surface area contributed by atoms with Gasteiger partial charge in [-0.2, -0.15) is 13.2 Å². The Bertz CT molecular complexity index is 889. The summed E-state index contributed by atoms with van der Waals surface area (Å²) in [5.41, 5.74) is -1.88. The fraction of sp³-hybridized carbons (Fsp3) is 0.368. The van der Waals surface area contributed by atoms with Gasteiger partial charge in [-0.1, -0.05) is 12.1 Å². The Kier molecular flexibility index (Phi) is 3.64. The number of halogens is 3. The lowest BCUT2D eigenvalue weighted by Crippen LogP contribution is -2.40. The second kappa shape index (κ2) is 5.45. The van der Waals surface area contributed by atoms with E-state index in [4.69, 9.17) is 9.47 Å². The van der Waals surface area contributed by atoms with Crippen molar-refractivity contribution >= 4 is 11.4 Å². The van der Waals surface area contributed by atoms with E-state index in [9.17, 15) is 23.4 Å². The van der Waals surface area contributed by atoms with Gasteiger partial charge in [0, 0.05) is 13.8 Å². The molecule has 2 unspecified atom stereocenters. The minimum Gasteiger partial charge on any atom is -0.443 e. The van der Waals surface area contributed by atoms with E-state index < -0.39 is 23.4 Å². The van der Waals surface area contributed by atoms with E-state index in [1.807, 2.05) is 0 Å². The zero-order valence-corrected chi connectivity index (χ0v) is 15.3. The first kappa shape index (κ1) is 18.7. The molecule has 2 aliphatic heterocycles. The third-order valence-electron chi connectivity index (χ3n) is 5.03. The zero-order valence-electron chi connectivity index (χ0n) is 15.3. The van der Waals surface area contributed by atoms with Gasteiger partial charge in [0.05, 0.1) is 11.4 Å². The molecule has 0 saturated carbocycles. The second-order valence-corrected chi connectivity index (χ2v) is 7.46. The molecule has 0 aromatic heterocycles. The molecular weight excluding hydrogens is 377 g/mol. The van der Waals surface area contributed by atoms with Crippen LogP contribution in [0.5, 0.6) is 11.5 Å². The number of ether oxygens (including phenoxy) is 2. The molecule has 2 aromatic rings. The van der Waals surface area contributed by atoms with Crippen LogP contribution in [0.4, 0.5) is 24.5 Å². The molecule has 0 aliphatic carbocycles. The summed E-state index contributed by atoms with van der Waals surface area (Å²) in [6.07, 6.45) is -4.63. The van der Waals surface area contributed by atoms with Gasteiger partial charge in [-0.15, -0.1) is 0 Å². The van der Waals surface area contributed by atoms with Gasteiger partial charge in [-0.25, -0.2) is 0 Å². The van der Waals surface area contributed by atoms with Crippen molar-refractivity contribution in [3.05, 3.63) is 47.5 Å². The van der Waals surface area contributed by atoms with Gasteiger partial charge in [0.15, 0.2) is 0 Å². The number of nitrogens with one attached hydrogen (secondary N) is 2. The predicted molar refractivity (Wildman–Crippen MR) is 95.1 cm³/mol. The molecule has 0 spiro atoms. The van der Waals surface area contributed by atoms with Crippen LogP contribution in [0.25, 0.3) is 0 Å². The highest BCUT2D eigenvalue weighted by atomic mass is 19.4. The molecule has 150 valence electrons. The van der Waals surface area contributed by atoms with Crippen LogP contribution in [-0.2, 0) is 5.41 Å². The van der Waals surface area contributed by atoms with Gasteiger partial charge in [0.2, 0.25) is 0 Å². The topological polar surface area (TPSA) is 83.0 Å². The fourth-order valence-electron chi connectivity index (χ4n) is 3.53. The average Bonchev–Trinajstić information content (AvgIpc) is 3.03. The van der Waals surface area contributed by atoms with Crippen molar-refractivity contribution in [2.24, 2.45) is 0 Å². The molecule has 2 heterocycles. The van der Waals surface area contributed by atoms with Crippen molar-refractivity contribution in [3.8, 4) is 11.5 Å². The van der Waals surface area contributed by atoms with E-state index in [1.54, 1.807) is 0 Å². The number of aliphatic hydroxyl groups is 2. The van der Waals surface area contributed by atoms with Gasteiger partial charge in [-0.05, 0) is 42.3 Å². The largest absolute Gasteiger partial charge is 0.443 e. The third-order valence-corrected chi connectivity index (χ3v) is 5.03. The molecule has 6 nitrogen and oxygen atoms in total. The number of hydrogen-bond donors (Lipinski definition) is 4. The standard InChI is InChI=1S/C19H19F3N2O4/c1-16(19(20,21)22,10-4-6-14-12(8-10)23-17(2,25)27-14)11-5-7-15-13(9-11)24-18(3,26)28-15/h4-9,23-26H,1-3H3. The predicted octanol–water partition coefficient (Wildman–Crippen LogP) is 3.50. The van der Waals surface area contributed by atoms with Crippen LogP contribution in [0, 0.1) is 0 Å². The number of fused-ring (bicyclic) bond motifs is 2. The van der Waals surface area contributed by atoms with Crippen LogP contribution in [0.2, 0.25) is 0 Å². The highest BCUT2D eigenvalue weighted by Gasteiger charge is 2.54. The van der Waals surface area contributed by atoms with E-state index in [-0.39, 0.29) is 34.0 Å². The minimum atomic E-state index is -4.63. The molecule has 2 aliphatic rings. The van der Waals surface area contributed by atoms with E-state index in [0.717, 1.165) is 6.92 Å². The molecule has 2 aromatic carbocycles. The lowest BCUT2D eigenvalue weighted by Gasteiger charge is -2.33. The lowest BCUT2D eigenvalue weighted by molar-refractivity contribution is -0.173. The summed E-state index contributed by atoms with van der Waals surface area (Å²) in [5.74, 6) is -2.84. The highest BCUT2D eigenvalue weighted by Crippen LogP contribution is 2.50. The molecule has 0 amide bonds. The molecule has 0 saturated heterocycles. The summed E-state index contributed by atoms with van der Waals surface area (Å²) in [4.78, 5) is 0. The van der Waals surface area contributed by atoms with Crippen molar-refractivity contribution in [3.63, 3.8) is 0 Å². The quantitative estimate of drug-likeness (QED) is 0.622. The summed E-state index contributed by atoms with van der Waals surface area (Å²) >= 11 is 0. The van der Waals surface area contributed by atoms with Crippen LogP contribution in [0.3, 0.4) is 0 Å². The minimum absolute atomic E-state index is 0.0295. The number of rotatable bonds is 2. The maximum atomic E-state index is 14.3. The molecule has 4 rings (SSSR count). The van der Waals surface area contributed by atoms with Crippen LogP contribution >= 0.6 is 0 Å². The second-order valence-electron chi connectivity index (χ2n) is 7.46. The Morgan fingerprint density at radius 2 is 1.21 bits per heavy atom. The first-order valence-electron chi connectivity index (χ1n) is 8.56. The van der Waals surface area contributed by atoms with Crippen LogP contribution in [0.15, 0.2) is 36.4 Å². The summed E-state index contributed by atoms with van der Waals surface area (Å²) in [5, 5.41) is 25.2. The molecule has 0 radical (unpaired) electrons. The Morgan fingerprint density at radius 3 is 1.57 bits per heavy atom. The molecule has 0 fully saturated rings. The summed E-state index contributed by atoms with van der Waals surface area (Å²) in [7, 11) is 0. The average molecular weight is 396 g/mol. The summed E-state index contributed by atoms with van der Waals surface area (Å²) in [6.45, 7) is 3.79. The van der Waals surface area contributed by atoms with Crippen molar-refractivity contribution in [1.29, 1.82) is 0 Å². The first-order valence-corrected chi connectivity index (χ1v) is 8.56. The monoisotopic (exact) mass is 396 g/mol. The molecular formula is C19H19F3N2O4. The van der Waals surface area contributed by atoms with Gasteiger partial charge in [-0.3, -0.25) is 0 Å². The Morgan fingerprint density at radius 1 is 0.821 bits per heavy atom. The Hall–Kier alpha value is -2.65. The van der Waals surface area contributed by atoms with E-state index in [0.29, 0.717) is 0 Å². The van der Waals surface area contributed by atoms with Crippen molar-refractivity contribution in [2.75, 3.05) is 10.6 Å². The number of hydrogen-bond acceptors (Lipinski definition) is 6. The van der Waals surface area contributed by atoms with Gasteiger partial charge < -0.3 is 30.3 Å². The summed E-state index contributed by atoms with van der Waals surface area (Å²) in [6, 6.07) is 8.06. The van der Waals surface area contributed by atoms with E-state index in [2.05, 4.69) is 10.6 Å². The molecule has 4 N–H and O–H groups in total. The Labute approximate surface area is 158 Å². The van der Waals surface area contributed by atoms with E-state index >= 15 is 0 Å². The maximum Gasteiger partial charge on any atom is 0.402 e. The molecule has 9 heteroatoms. The van der Waals surface area contributed by atoms with Gasteiger partial charge in [0.1, 0.15) is 16.9 Å². The first-order chi connectivity index (χ1) is 12.8. The molecule has 28 heavy (non-hydrogen) atoms. The maximum absolute atomic E-state index is 14.3. The third kappa shape index (κ3) is 2.82. The normalized spacial score (nSPS) is 27.6. The summed E-state index contributed by atoms with van der Waals surface area (Å²) < 4.78 is 53.3. The molecule has 0 bridgehead atoms. The number of alkyl halides is 3. The SMILES string of the molecule is CC1(O)Nc2cc(C(C)(c3ccc4c(c3)NC(C)(O)O4)C(F)(F)F)ccc2O1. The van der Waals surface area contributed by atoms with Crippen molar-refractivity contribution in [2.45, 2.75) is 44.2 Å². The number of anilines is 2. The van der Waals surface area contributed by atoms with E-state index in [1.165, 1.54) is 50.2 Å². The van der Waals surface area contributed by atoms with Crippen LogP contribution < -0.4 is 20.1 Å². The highest BCUT2D eigenvalue weighted by molar-refractivity contribution is 5.66. The zero-order chi connectivity index (χ0) is 20.5. The van der Waals surface area contributed by atoms with Gasteiger partial charge >= 0.3 is 6.18 Å². The van der Waals surface area contributed by atoms with Gasteiger partial charge in [0.25, 0.3) is 11.8 Å². The fourth-order valence-corrected chi connectivity index (χ4v) is 3.53.